The highest BCUT2D eigenvalue weighted by Gasteiger charge is 2.35. The third kappa shape index (κ3) is 4.53. The lowest BCUT2D eigenvalue weighted by Crippen LogP contribution is -2.37. The van der Waals surface area contributed by atoms with Crippen LogP contribution in [0.4, 0.5) is 8.78 Å². The number of hydrogen-bond donors (Lipinski definition) is 2. The summed E-state index contributed by atoms with van der Waals surface area (Å²) in [6.45, 7) is 1.74. The molecule has 2 atom stereocenters. The van der Waals surface area contributed by atoms with Gasteiger partial charge in [0.05, 0.1) is 23.5 Å². The van der Waals surface area contributed by atoms with Gasteiger partial charge in [-0.05, 0) is 50.8 Å². The van der Waals surface area contributed by atoms with Crippen LogP contribution >= 0.6 is 0 Å². The molecule has 7 nitrogen and oxygen atoms in total. The molecule has 3 aromatic rings. The summed E-state index contributed by atoms with van der Waals surface area (Å²) < 4.78 is 35.3. The monoisotopic (exact) mass is 466 g/mol. The van der Waals surface area contributed by atoms with Gasteiger partial charge in [-0.3, -0.25) is 9.78 Å². The number of pyridine rings is 1. The molecule has 2 aliphatic rings. The van der Waals surface area contributed by atoms with E-state index in [-0.39, 0.29) is 24.2 Å². The van der Waals surface area contributed by atoms with Crippen LogP contribution in [-0.4, -0.2) is 44.2 Å². The van der Waals surface area contributed by atoms with Gasteiger partial charge in [0.1, 0.15) is 23.4 Å². The van der Waals surface area contributed by atoms with Crippen LogP contribution in [0.3, 0.4) is 0 Å². The van der Waals surface area contributed by atoms with Gasteiger partial charge >= 0.3 is 0 Å². The molecule has 1 saturated carbocycles. The summed E-state index contributed by atoms with van der Waals surface area (Å²) in [5.74, 6) is -2.35. The second-order valence-electron chi connectivity index (χ2n) is 9.08. The van der Waals surface area contributed by atoms with E-state index in [9.17, 15) is 18.7 Å². The second-order valence-corrected chi connectivity index (χ2v) is 9.08. The van der Waals surface area contributed by atoms with Gasteiger partial charge in [0.2, 0.25) is 0 Å². The molecule has 1 amide bonds. The van der Waals surface area contributed by atoms with Gasteiger partial charge in [-0.25, -0.2) is 18.7 Å². The molecule has 9 heteroatoms. The van der Waals surface area contributed by atoms with Crippen molar-refractivity contribution in [3.63, 3.8) is 0 Å². The number of aliphatic hydroxyl groups is 1. The normalized spacial score (nSPS) is 22.4. The number of nitrogens with zero attached hydrogens (tertiary/aromatic N) is 3. The standard InChI is InChI=1S/C25H24F2N4O3/c1-25(33)10-9-18(34-13-25)21-19(14-4-3-11-28-12-14)22(24(32)29-15-7-8-15)31-23(30-21)20-16(26)5-2-6-17(20)27/h2-6,11-12,15,18,33H,7-10,13H2,1H3,(H,29,32). The van der Waals surface area contributed by atoms with Crippen molar-refractivity contribution in [1.29, 1.82) is 0 Å². The number of hydrogen-bond acceptors (Lipinski definition) is 6. The van der Waals surface area contributed by atoms with E-state index < -0.39 is 34.8 Å². The average molecular weight is 466 g/mol. The summed E-state index contributed by atoms with van der Waals surface area (Å²) in [4.78, 5) is 26.4. The first-order valence-corrected chi connectivity index (χ1v) is 11.2. The summed E-state index contributed by atoms with van der Waals surface area (Å²) in [7, 11) is 0. The quantitative estimate of drug-likeness (QED) is 0.591. The Bertz CT molecular complexity index is 1200. The predicted octanol–water partition coefficient (Wildman–Crippen LogP) is 3.98. The average Bonchev–Trinajstić information content (AvgIpc) is 3.63. The van der Waals surface area contributed by atoms with Crippen LogP contribution in [0.1, 0.15) is 54.9 Å². The maximum atomic E-state index is 14.7. The molecule has 1 aliphatic heterocycles. The summed E-state index contributed by atoms with van der Waals surface area (Å²) in [6, 6.07) is 7.03. The fourth-order valence-corrected chi connectivity index (χ4v) is 4.07. The molecule has 1 aromatic carbocycles. The van der Waals surface area contributed by atoms with E-state index in [0.29, 0.717) is 29.7 Å². The number of ether oxygens (including phenoxy) is 1. The molecule has 2 N–H and O–H groups in total. The van der Waals surface area contributed by atoms with Gasteiger partial charge in [0.15, 0.2) is 5.82 Å². The Morgan fingerprint density at radius 1 is 1.12 bits per heavy atom. The third-order valence-corrected chi connectivity index (χ3v) is 6.05. The second kappa shape index (κ2) is 8.81. The van der Waals surface area contributed by atoms with Crippen molar-refractivity contribution in [1.82, 2.24) is 20.3 Å². The predicted molar refractivity (Wildman–Crippen MR) is 120 cm³/mol. The fourth-order valence-electron chi connectivity index (χ4n) is 4.07. The molecule has 1 saturated heterocycles. The third-order valence-electron chi connectivity index (χ3n) is 6.05. The number of carbonyl (C=O) groups is 1. The number of benzene rings is 1. The zero-order valence-electron chi connectivity index (χ0n) is 18.6. The molecule has 0 bridgehead atoms. The molecule has 0 radical (unpaired) electrons. The zero-order valence-corrected chi connectivity index (χ0v) is 18.6. The number of nitrogens with one attached hydrogen (secondary N) is 1. The molecular formula is C25H24F2N4O3. The van der Waals surface area contributed by atoms with Gasteiger partial charge in [-0.2, -0.15) is 0 Å². The first kappa shape index (κ1) is 22.5. The molecule has 176 valence electrons. The molecular weight excluding hydrogens is 442 g/mol. The highest BCUT2D eigenvalue weighted by molar-refractivity contribution is 6.00. The topological polar surface area (TPSA) is 97.2 Å². The van der Waals surface area contributed by atoms with Gasteiger partial charge < -0.3 is 15.2 Å². The van der Waals surface area contributed by atoms with Crippen molar-refractivity contribution < 1.29 is 23.4 Å². The van der Waals surface area contributed by atoms with E-state index in [4.69, 9.17) is 4.74 Å². The minimum Gasteiger partial charge on any atom is -0.388 e. The lowest BCUT2D eigenvalue weighted by Gasteiger charge is -2.34. The van der Waals surface area contributed by atoms with Gasteiger partial charge in [-0.15, -0.1) is 0 Å². The lowest BCUT2D eigenvalue weighted by molar-refractivity contribution is -0.112. The zero-order chi connectivity index (χ0) is 23.9. The molecule has 2 fully saturated rings. The smallest absolute Gasteiger partial charge is 0.270 e. The van der Waals surface area contributed by atoms with Crippen LogP contribution in [0.5, 0.6) is 0 Å². The van der Waals surface area contributed by atoms with Crippen LogP contribution in [0.2, 0.25) is 0 Å². The Morgan fingerprint density at radius 3 is 2.50 bits per heavy atom. The Hall–Kier alpha value is -3.30. The van der Waals surface area contributed by atoms with Crippen LogP contribution in [0.15, 0.2) is 42.7 Å². The van der Waals surface area contributed by atoms with Crippen molar-refractivity contribution in [3.8, 4) is 22.5 Å². The Morgan fingerprint density at radius 2 is 1.88 bits per heavy atom. The highest BCUT2D eigenvalue weighted by atomic mass is 19.1. The van der Waals surface area contributed by atoms with Gasteiger partial charge in [-0.1, -0.05) is 12.1 Å². The van der Waals surface area contributed by atoms with Gasteiger partial charge in [0.25, 0.3) is 5.91 Å². The summed E-state index contributed by atoms with van der Waals surface area (Å²) in [5, 5.41) is 13.3. The van der Waals surface area contributed by atoms with Crippen molar-refractivity contribution in [2.24, 2.45) is 0 Å². The van der Waals surface area contributed by atoms with E-state index in [1.807, 2.05) is 0 Å². The van der Waals surface area contributed by atoms with E-state index in [1.165, 1.54) is 6.07 Å². The Labute approximate surface area is 195 Å². The number of rotatable bonds is 5. The maximum absolute atomic E-state index is 14.7. The number of carbonyl (C=O) groups excluding carboxylic acids is 1. The fraction of sp³-hybridized carbons (Fsp3) is 0.360. The van der Waals surface area contributed by atoms with Crippen LogP contribution in [0, 0.1) is 11.6 Å². The maximum Gasteiger partial charge on any atom is 0.270 e. The number of aromatic nitrogens is 3. The molecule has 5 rings (SSSR count). The number of amides is 1. The van der Waals surface area contributed by atoms with Crippen molar-refractivity contribution in [2.45, 2.75) is 50.4 Å². The minimum atomic E-state index is -0.995. The first-order valence-electron chi connectivity index (χ1n) is 11.2. The van der Waals surface area contributed by atoms with E-state index in [2.05, 4.69) is 20.3 Å². The molecule has 34 heavy (non-hydrogen) atoms. The SMILES string of the molecule is CC1(O)CCC(c2nc(-c3c(F)cccc3F)nc(C(=O)NC3CC3)c2-c2cccnc2)OC1. The summed E-state index contributed by atoms with van der Waals surface area (Å²) in [5.41, 5.74) is -0.0893. The Balaban J connectivity index is 1.73. The molecule has 1 aliphatic carbocycles. The van der Waals surface area contributed by atoms with Crippen LogP contribution in [-0.2, 0) is 4.74 Å². The number of halogens is 2. The molecule has 2 unspecified atom stereocenters. The largest absolute Gasteiger partial charge is 0.388 e. The van der Waals surface area contributed by atoms with Crippen molar-refractivity contribution in [2.75, 3.05) is 6.61 Å². The van der Waals surface area contributed by atoms with E-state index in [0.717, 1.165) is 25.0 Å². The molecule has 0 spiro atoms. The highest BCUT2D eigenvalue weighted by Crippen LogP contribution is 2.39. The van der Waals surface area contributed by atoms with Gasteiger partial charge in [0, 0.05) is 29.6 Å². The first-order chi connectivity index (χ1) is 16.3. The summed E-state index contributed by atoms with van der Waals surface area (Å²) >= 11 is 0. The lowest BCUT2D eigenvalue weighted by atomic mass is 9.91. The van der Waals surface area contributed by atoms with Crippen molar-refractivity contribution >= 4 is 5.91 Å². The van der Waals surface area contributed by atoms with E-state index >= 15 is 0 Å². The summed E-state index contributed by atoms with van der Waals surface area (Å²) in [6.07, 6.45) is 5.13. The Kier molecular flexibility index (Phi) is 5.83. The molecule has 3 heterocycles. The van der Waals surface area contributed by atoms with Crippen molar-refractivity contribution in [3.05, 3.63) is 65.7 Å². The van der Waals surface area contributed by atoms with E-state index in [1.54, 1.807) is 31.5 Å². The molecule has 2 aromatic heterocycles. The van der Waals surface area contributed by atoms with Crippen LogP contribution < -0.4 is 5.32 Å². The minimum absolute atomic E-state index is 0.00323. The van der Waals surface area contributed by atoms with Crippen LogP contribution in [0.25, 0.3) is 22.5 Å².